The highest BCUT2D eigenvalue weighted by atomic mass is 32.1. The van der Waals surface area contributed by atoms with Gasteiger partial charge in [0, 0.05) is 19.6 Å². The van der Waals surface area contributed by atoms with Crippen LogP contribution in [0.4, 0.5) is 5.13 Å². The SMILES string of the molecule is CCC1CCCCN1C(=O)CN(C)c1nc2c(OC)cccc2s1. The fourth-order valence-corrected chi connectivity index (χ4v) is 4.30. The van der Waals surface area contributed by atoms with Crippen molar-refractivity contribution < 1.29 is 9.53 Å². The van der Waals surface area contributed by atoms with Gasteiger partial charge in [0.2, 0.25) is 5.91 Å². The molecule has 130 valence electrons. The number of piperidine rings is 1. The number of aromatic nitrogens is 1. The second-order valence-electron chi connectivity index (χ2n) is 6.30. The lowest BCUT2D eigenvalue weighted by atomic mass is 10.00. The number of likely N-dealkylation sites (N-methyl/N-ethyl adjacent to an activating group) is 1. The maximum atomic E-state index is 12.7. The predicted octanol–water partition coefficient (Wildman–Crippen LogP) is 3.53. The summed E-state index contributed by atoms with van der Waals surface area (Å²) in [6.45, 7) is 3.43. The molecule has 2 aromatic rings. The van der Waals surface area contributed by atoms with Gasteiger partial charge in [0.05, 0.1) is 18.4 Å². The van der Waals surface area contributed by atoms with Crippen molar-refractivity contribution in [3.8, 4) is 5.75 Å². The molecule has 3 rings (SSSR count). The third kappa shape index (κ3) is 3.34. The Hall–Kier alpha value is -1.82. The molecule has 1 aliphatic rings. The van der Waals surface area contributed by atoms with Crippen LogP contribution >= 0.6 is 11.3 Å². The average Bonchev–Trinajstić information content (AvgIpc) is 3.06. The van der Waals surface area contributed by atoms with Crippen molar-refractivity contribution >= 4 is 32.6 Å². The first-order valence-electron chi connectivity index (χ1n) is 8.58. The normalized spacial score (nSPS) is 18.0. The first-order chi connectivity index (χ1) is 11.6. The maximum Gasteiger partial charge on any atom is 0.242 e. The smallest absolute Gasteiger partial charge is 0.242 e. The van der Waals surface area contributed by atoms with Crippen molar-refractivity contribution in [2.75, 3.05) is 32.1 Å². The molecule has 0 aliphatic carbocycles. The van der Waals surface area contributed by atoms with Crippen molar-refractivity contribution in [1.82, 2.24) is 9.88 Å². The number of hydrogen-bond acceptors (Lipinski definition) is 5. The van der Waals surface area contributed by atoms with E-state index in [1.54, 1.807) is 18.4 Å². The van der Waals surface area contributed by atoms with E-state index in [1.807, 2.05) is 30.1 Å². The Bertz CT molecular complexity index is 715. The number of hydrogen-bond donors (Lipinski definition) is 0. The minimum absolute atomic E-state index is 0.204. The standard InChI is InChI=1S/C18H25N3O2S/c1-4-13-8-5-6-11-21(13)16(22)12-20(2)18-19-17-14(23-3)9-7-10-15(17)24-18/h7,9-10,13H,4-6,8,11-12H2,1-3H3. The van der Waals surface area contributed by atoms with Gasteiger partial charge in [-0.2, -0.15) is 0 Å². The number of carbonyl (C=O) groups excluding carboxylic acids is 1. The third-order valence-corrected chi connectivity index (χ3v) is 5.84. The first kappa shape index (κ1) is 17.0. The Morgan fingerprint density at radius 2 is 2.29 bits per heavy atom. The van der Waals surface area contributed by atoms with E-state index in [0.29, 0.717) is 12.6 Å². The zero-order valence-corrected chi connectivity index (χ0v) is 15.4. The summed E-state index contributed by atoms with van der Waals surface area (Å²) in [6.07, 6.45) is 4.51. The molecule has 1 fully saturated rings. The van der Waals surface area contributed by atoms with Gasteiger partial charge in [0.15, 0.2) is 5.13 Å². The molecule has 6 heteroatoms. The summed E-state index contributed by atoms with van der Waals surface area (Å²) in [7, 11) is 3.59. The van der Waals surface area contributed by atoms with Crippen LogP contribution in [0.2, 0.25) is 0 Å². The van der Waals surface area contributed by atoms with Gasteiger partial charge in [-0.1, -0.05) is 24.3 Å². The fourth-order valence-electron chi connectivity index (χ4n) is 3.35. The van der Waals surface area contributed by atoms with Crippen LogP contribution in [-0.2, 0) is 4.79 Å². The zero-order valence-electron chi connectivity index (χ0n) is 14.6. The summed E-state index contributed by atoms with van der Waals surface area (Å²) < 4.78 is 6.45. The lowest BCUT2D eigenvalue weighted by Gasteiger charge is -2.36. The lowest BCUT2D eigenvalue weighted by molar-refractivity contribution is -0.133. The summed E-state index contributed by atoms with van der Waals surface area (Å²) >= 11 is 1.59. The minimum atomic E-state index is 0.204. The largest absolute Gasteiger partial charge is 0.494 e. The van der Waals surface area contributed by atoms with Crippen LogP contribution in [-0.4, -0.2) is 49.1 Å². The topological polar surface area (TPSA) is 45.7 Å². The Balaban J connectivity index is 1.74. The van der Waals surface area contributed by atoms with Crippen LogP contribution in [0, 0.1) is 0 Å². The highest BCUT2D eigenvalue weighted by molar-refractivity contribution is 7.22. The van der Waals surface area contributed by atoms with Crippen LogP contribution < -0.4 is 9.64 Å². The van der Waals surface area contributed by atoms with Crippen molar-refractivity contribution in [2.24, 2.45) is 0 Å². The van der Waals surface area contributed by atoms with Crippen LogP contribution in [0.5, 0.6) is 5.75 Å². The molecule has 1 aromatic heterocycles. The van der Waals surface area contributed by atoms with E-state index in [-0.39, 0.29) is 5.91 Å². The quantitative estimate of drug-likeness (QED) is 0.830. The fraction of sp³-hybridized carbons (Fsp3) is 0.556. The van der Waals surface area contributed by atoms with Gasteiger partial charge in [-0.15, -0.1) is 0 Å². The molecule has 1 amide bonds. The summed E-state index contributed by atoms with van der Waals surface area (Å²) in [5.41, 5.74) is 0.865. The van der Waals surface area contributed by atoms with E-state index in [1.165, 1.54) is 6.42 Å². The van der Waals surface area contributed by atoms with E-state index >= 15 is 0 Å². The van der Waals surface area contributed by atoms with Gasteiger partial charge >= 0.3 is 0 Å². The number of likely N-dealkylation sites (tertiary alicyclic amines) is 1. The molecule has 0 N–H and O–H groups in total. The number of carbonyl (C=O) groups is 1. The molecule has 2 heterocycles. The maximum absolute atomic E-state index is 12.7. The summed E-state index contributed by atoms with van der Waals surface area (Å²) in [6, 6.07) is 6.31. The van der Waals surface area contributed by atoms with Gasteiger partial charge in [0.25, 0.3) is 0 Å². The lowest BCUT2D eigenvalue weighted by Crippen LogP contribution is -2.47. The molecule has 24 heavy (non-hydrogen) atoms. The van der Waals surface area contributed by atoms with Crippen molar-refractivity contribution in [2.45, 2.75) is 38.6 Å². The number of anilines is 1. The Kier molecular flexibility index (Phi) is 5.23. The highest BCUT2D eigenvalue weighted by Gasteiger charge is 2.26. The van der Waals surface area contributed by atoms with E-state index in [0.717, 1.165) is 46.9 Å². The predicted molar refractivity (Wildman–Crippen MR) is 99.1 cm³/mol. The van der Waals surface area contributed by atoms with Crippen LogP contribution in [0.15, 0.2) is 18.2 Å². The zero-order chi connectivity index (χ0) is 17.1. The molecule has 0 radical (unpaired) electrons. The van der Waals surface area contributed by atoms with Gasteiger partial charge in [-0.3, -0.25) is 4.79 Å². The van der Waals surface area contributed by atoms with Gasteiger partial charge < -0.3 is 14.5 Å². The van der Waals surface area contributed by atoms with Crippen LogP contribution in [0.3, 0.4) is 0 Å². The van der Waals surface area contributed by atoms with E-state index in [2.05, 4.69) is 16.8 Å². The Morgan fingerprint density at radius 1 is 1.46 bits per heavy atom. The van der Waals surface area contributed by atoms with Gasteiger partial charge in [-0.05, 0) is 37.8 Å². The number of amides is 1. The highest BCUT2D eigenvalue weighted by Crippen LogP contribution is 2.33. The summed E-state index contributed by atoms with van der Waals surface area (Å²) in [4.78, 5) is 21.4. The van der Waals surface area contributed by atoms with Crippen molar-refractivity contribution in [3.63, 3.8) is 0 Å². The number of thiazole rings is 1. The molecule has 1 unspecified atom stereocenters. The Labute approximate surface area is 147 Å². The van der Waals surface area contributed by atoms with Crippen LogP contribution in [0.1, 0.15) is 32.6 Å². The summed E-state index contributed by atoms with van der Waals surface area (Å²) in [5, 5.41) is 0.855. The molecule has 5 nitrogen and oxygen atoms in total. The molecule has 0 bridgehead atoms. The van der Waals surface area contributed by atoms with E-state index in [9.17, 15) is 4.79 Å². The van der Waals surface area contributed by atoms with Gasteiger partial charge in [-0.25, -0.2) is 4.98 Å². The first-order valence-corrected chi connectivity index (χ1v) is 9.39. The average molecular weight is 347 g/mol. The molecular weight excluding hydrogens is 322 g/mol. The third-order valence-electron chi connectivity index (χ3n) is 4.71. The second-order valence-corrected chi connectivity index (χ2v) is 7.31. The molecule has 1 atom stereocenters. The van der Waals surface area contributed by atoms with Crippen LogP contribution in [0.25, 0.3) is 10.2 Å². The van der Waals surface area contributed by atoms with E-state index < -0.39 is 0 Å². The number of rotatable bonds is 5. The molecule has 0 spiro atoms. The summed E-state index contributed by atoms with van der Waals surface area (Å²) in [5.74, 6) is 0.979. The van der Waals surface area contributed by atoms with E-state index in [4.69, 9.17) is 4.74 Å². The number of ether oxygens (including phenoxy) is 1. The number of benzene rings is 1. The Morgan fingerprint density at radius 3 is 3.04 bits per heavy atom. The number of para-hydroxylation sites is 1. The molecular formula is C18H25N3O2S. The molecule has 1 aromatic carbocycles. The molecule has 1 saturated heterocycles. The number of nitrogens with zero attached hydrogens (tertiary/aromatic N) is 3. The number of methoxy groups -OCH3 is 1. The second kappa shape index (κ2) is 7.38. The van der Waals surface area contributed by atoms with Crippen molar-refractivity contribution in [3.05, 3.63) is 18.2 Å². The number of fused-ring (bicyclic) bond motifs is 1. The molecule has 1 aliphatic heterocycles. The molecule has 0 saturated carbocycles. The minimum Gasteiger partial charge on any atom is -0.494 e. The monoisotopic (exact) mass is 347 g/mol. The van der Waals surface area contributed by atoms with Gasteiger partial charge in [0.1, 0.15) is 11.3 Å². The van der Waals surface area contributed by atoms with Crippen molar-refractivity contribution in [1.29, 1.82) is 0 Å².